The number of carbonyl (C=O) groups is 1. The summed E-state index contributed by atoms with van der Waals surface area (Å²) in [5.41, 5.74) is 0.371. The number of carboxylic acid groups (broad SMARTS) is 1. The molecule has 20 heavy (non-hydrogen) atoms. The van der Waals surface area contributed by atoms with Gasteiger partial charge in [-0.1, -0.05) is 12.2 Å². The van der Waals surface area contributed by atoms with Gasteiger partial charge in [0.2, 0.25) is 10.0 Å². The fourth-order valence-electron chi connectivity index (χ4n) is 1.95. The van der Waals surface area contributed by atoms with Gasteiger partial charge in [-0.2, -0.15) is 5.26 Å². The van der Waals surface area contributed by atoms with Crippen molar-refractivity contribution in [3.8, 4) is 6.07 Å². The maximum atomic E-state index is 12.1. The molecule has 6 nitrogen and oxygen atoms in total. The van der Waals surface area contributed by atoms with Crippen LogP contribution in [0.15, 0.2) is 41.3 Å². The summed E-state index contributed by atoms with van der Waals surface area (Å²) < 4.78 is 26.6. The zero-order valence-electron chi connectivity index (χ0n) is 10.4. The van der Waals surface area contributed by atoms with E-state index in [-0.39, 0.29) is 11.3 Å². The van der Waals surface area contributed by atoms with E-state index in [9.17, 15) is 13.2 Å². The predicted octanol–water partition coefficient (Wildman–Crippen LogP) is 0.866. The molecule has 1 aliphatic carbocycles. The van der Waals surface area contributed by atoms with Crippen LogP contribution >= 0.6 is 0 Å². The summed E-state index contributed by atoms with van der Waals surface area (Å²) in [5, 5.41) is 17.5. The molecule has 0 bridgehead atoms. The van der Waals surface area contributed by atoms with Gasteiger partial charge in [-0.15, -0.1) is 0 Å². The number of hydrogen-bond acceptors (Lipinski definition) is 4. The van der Waals surface area contributed by atoms with Crippen LogP contribution in [-0.2, 0) is 14.8 Å². The lowest BCUT2D eigenvalue weighted by atomic mass is 10.1. The first kappa shape index (κ1) is 14.2. The van der Waals surface area contributed by atoms with Gasteiger partial charge in [0.05, 0.1) is 22.4 Å². The lowest BCUT2D eigenvalue weighted by Crippen LogP contribution is -2.33. The summed E-state index contributed by atoms with van der Waals surface area (Å²) in [7, 11) is -3.72. The van der Waals surface area contributed by atoms with Crippen LogP contribution in [0.5, 0.6) is 0 Å². The second kappa shape index (κ2) is 5.45. The molecule has 7 heteroatoms. The van der Waals surface area contributed by atoms with Gasteiger partial charge in [0.15, 0.2) is 0 Å². The second-order valence-corrected chi connectivity index (χ2v) is 6.14. The van der Waals surface area contributed by atoms with Crippen LogP contribution in [0.25, 0.3) is 0 Å². The van der Waals surface area contributed by atoms with Crippen LogP contribution in [0.1, 0.15) is 12.0 Å². The average Bonchev–Trinajstić information content (AvgIpc) is 2.87. The molecule has 0 fully saturated rings. The molecule has 0 saturated carbocycles. The van der Waals surface area contributed by atoms with Gasteiger partial charge >= 0.3 is 5.97 Å². The zero-order chi connectivity index (χ0) is 14.8. The van der Waals surface area contributed by atoms with Gasteiger partial charge < -0.3 is 5.11 Å². The van der Waals surface area contributed by atoms with Gasteiger partial charge in [-0.05, 0) is 30.7 Å². The largest absolute Gasteiger partial charge is 0.481 e. The molecule has 2 unspecified atom stereocenters. The Balaban J connectivity index is 2.10. The number of aliphatic carboxylic acids is 1. The highest BCUT2D eigenvalue weighted by Gasteiger charge is 2.27. The third-order valence-electron chi connectivity index (χ3n) is 3.00. The molecule has 2 atom stereocenters. The minimum Gasteiger partial charge on any atom is -0.481 e. The molecule has 0 spiro atoms. The molecule has 1 aromatic rings. The van der Waals surface area contributed by atoms with E-state index in [2.05, 4.69) is 4.72 Å². The molecule has 0 aromatic heterocycles. The normalized spacial score (nSPS) is 21.6. The fourth-order valence-corrected chi connectivity index (χ4v) is 3.15. The molecule has 1 aromatic carbocycles. The van der Waals surface area contributed by atoms with Crippen LogP contribution in [0.3, 0.4) is 0 Å². The Bertz CT molecular complexity index is 686. The number of carboxylic acids is 1. The van der Waals surface area contributed by atoms with Crippen LogP contribution in [0, 0.1) is 17.2 Å². The molecule has 0 saturated heterocycles. The van der Waals surface area contributed by atoms with Crippen molar-refractivity contribution in [2.24, 2.45) is 5.92 Å². The number of nitrogens with one attached hydrogen (secondary N) is 1. The number of benzene rings is 1. The molecular weight excluding hydrogens is 280 g/mol. The highest BCUT2D eigenvalue weighted by Crippen LogP contribution is 2.20. The molecule has 0 amide bonds. The molecule has 2 N–H and O–H groups in total. The van der Waals surface area contributed by atoms with Crippen LogP contribution in [-0.4, -0.2) is 25.5 Å². The lowest BCUT2D eigenvalue weighted by Gasteiger charge is -2.12. The van der Waals surface area contributed by atoms with Crippen molar-refractivity contribution in [3.63, 3.8) is 0 Å². The molecule has 0 aliphatic heterocycles. The number of sulfonamides is 1. The Kier molecular flexibility index (Phi) is 3.88. The number of hydrogen-bond donors (Lipinski definition) is 2. The van der Waals surface area contributed by atoms with Crippen molar-refractivity contribution in [3.05, 3.63) is 42.0 Å². The highest BCUT2D eigenvalue weighted by molar-refractivity contribution is 7.89. The summed E-state index contributed by atoms with van der Waals surface area (Å²) in [6, 6.07) is 6.89. The molecule has 1 aliphatic rings. The van der Waals surface area contributed by atoms with Gasteiger partial charge in [-0.25, -0.2) is 13.1 Å². The van der Waals surface area contributed by atoms with E-state index in [0.717, 1.165) is 0 Å². The van der Waals surface area contributed by atoms with Crippen molar-refractivity contribution >= 4 is 16.0 Å². The van der Waals surface area contributed by atoms with E-state index in [1.54, 1.807) is 6.08 Å². The van der Waals surface area contributed by atoms with E-state index < -0.39 is 28.0 Å². The number of nitriles is 1. The Morgan fingerprint density at radius 1 is 1.30 bits per heavy atom. The number of nitrogens with zero attached hydrogens (tertiary/aromatic N) is 1. The Hall–Kier alpha value is -2.17. The van der Waals surface area contributed by atoms with E-state index in [4.69, 9.17) is 10.4 Å². The Labute approximate surface area is 116 Å². The van der Waals surface area contributed by atoms with E-state index >= 15 is 0 Å². The van der Waals surface area contributed by atoms with Crippen molar-refractivity contribution in [1.29, 1.82) is 5.26 Å². The first-order valence-electron chi connectivity index (χ1n) is 5.86. The monoisotopic (exact) mass is 292 g/mol. The second-order valence-electron chi connectivity index (χ2n) is 4.43. The van der Waals surface area contributed by atoms with E-state index in [0.29, 0.717) is 5.56 Å². The SMILES string of the molecule is N#Cc1ccc(S(=O)(=O)NC2C=CC(C(=O)O)C2)cc1. The maximum Gasteiger partial charge on any atom is 0.310 e. The van der Waals surface area contributed by atoms with Crippen molar-refractivity contribution in [1.82, 2.24) is 4.72 Å². The topological polar surface area (TPSA) is 107 Å². The fraction of sp³-hybridized carbons (Fsp3) is 0.231. The lowest BCUT2D eigenvalue weighted by molar-refractivity contribution is -0.140. The Morgan fingerprint density at radius 3 is 2.45 bits per heavy atom. The number of rotatable bonds is 4. The zero-order valence-corrected chi connectivity index (χ0v) is 11.2. The van der Waals surface area contributed by atoms with Gasteiger partial charge in [0.25, 0.3) is 0 Å². The molecule has 104 valence electrons. The van der Waals surface area contributed by atoms with E-state index in [1.165, 1.54) is 30.3 Å². The molecule has 0 radical (unpaired) electrons. The van der Waals surface area contributed by atoms with Gasteiger partial charge in [0, 0.05) is 6.04 Å². The van der Waals surface area contributed by atoms with Crippen molar-refractivity contribution < 1.29 is 18.3 Å². The summed E-state index contributed by atoms with van der Waals surface area (Å²) >= 11 is 0. The Morgan fingerprint density at radius 2 is 1.95 bits per heavy atom. The quantitative estimate of drug-likeness (QED) is 0.800. The van der Waals surface area contributed by atoms with Crippen LogP contribution in [0.4, 0.5) is 0 Å². The predicted molar refractivity (Wildman–Crippen MR) is 70.1 cm³/mol. The first-order chi connectivity index (χ1) is 9.42. The molecule has 0 heterocycles. The van der Waals surface area contributed by atoms with Gasteiger partial charge in [0.1, 0.15) is 0 Å². The molecule has 2 rings (SSSR count). The van der Waals surface area contributed by atoms with E-state index in [1.807, 2.05) is 6.07 Å². The van der Waals surface area contributed by atoms with Crippen LogP contribution in [0.2, 0.25) is 0 Å². The summed E-state index contributed by atoms with van der Waals surface area (Å²) in [6.45, 7) is 0. The molecular formula is C13H12N2O4S. The van der Waals surface area contributed by atoms with Crippen LogP contribution < -0.4 is 4.72 Å². The van der Waals surface area contributed by atoms with Crippen molar-refractivity contribution in [2.45, 2.75) is 17.4 Å². The average molecular weight is 292 g/mol. The third kappa shape index (κ3) is 3.04. The summed E-state index contributed by atoms with van der Waals surface area (Å²) in [5.74, 6) is -1.63. The minimum atomic E-state index is -3.72. The maximum absolute atomic E-state index is 12.1. The third-order valence-corrected chi connectivity index (χ3v) is 4.51. The minimum absolute atomic E-state index is 0.0451. The summed E-state index contributed by atoms with van der Waals surface area (Å²) in [4.78, 5) is 10.8. The van der Waals surface area contributed by atoms with Crippen molar-refractivity contribution in [2.75, 3.05) is 0 Å². The standard InChI is InChI=1S/C13H12N2O4S/c14-8-9-1-5-12(6-2-9)20(18,19)15-11-4-3-10(7-11)13(16)17/h1-6,10-11,15H,7H2,(H,16,17). The van der Waals surface area contributed by atoms with Gasteiger partial charge in [-0.3, -0.25) is 4.79 Å². The first-order valence-corrected chi connectivity index (χ1v) is 7.34. The highest BCUT2D eigenvalue weighted by atomic mass is 32.2. The smallest absolute Gasteiger partial charge is 0.310 e. The summed E-state index contributed by atoms with van der Waals surface area (Å²) in [6.07, 6.45) is 3.22.